The molecule has 0 saturated carbocycles. The maximum atomic E-state index is 6.12. The van der Waals surface area contributed by atoms with Gasteiger partial charge < -0.3 is 4.57 Å². The molecule has 116 valence electrons. The molecule has 0 amide bonds. The van der Waals surface area contributed by atoms with Crippen LogP contribution in [-0.4, -0.2) is 33.1 Å². The van der Waals surface area contributed by atoms with Crippen LogP contribution in [0, 0.1) is 0 Å². The molecule has 5 heteroatoms. The predicted octanol–water partition coefficient (Wildman–Crippen LogP) is 4.55. The molecular formula is C16H23Cl2N3. The minimum absolute atomic E-state index is 0.412. The molecule has 2 aromatic rings. The van der Waals surface area contributed by atoms with Gasteiger partial charge in [-0.1, -0.05) is 11.6 Å². The monoisotopic (exact) mass is 327 g/mol. The molecule has 1 aromatic heterocycles. The second kappa shape index (κ2) is 6.99. The minimum Gasteiger partial charge on any atom is -0.326 e. The fourth-order valence-electron chi connectivity index (χ4n) is 2.83. The van der Waals surface area contributed by atoms with Crippen molar-refractivity contribution in [3.05, 3.63) is 29.0 Å². The lowest BCUT2D eigenvalue weighted by atomic mass is 10.2. The number of halogens is 2. The molecule has 0 radical (unpaired) electrons. The van der Waals surface area contributed by atoms with E-state index in [9.17, 15) is 0 Å². The van der Waals surface area contributed by atoms with E-state index in [1.807, 2.05) is 18.2 Å². The molecule has 1 heterocycles. The first-order valence-corrected chi connectivity index (χ1v) is 8.31. The number of rotatable bonds is 6. The molecule has 0 atom stereocenters. The number of nitrogens with zero attached hydrogens (tertiary/aromatic N) is 3. The molecule has 0 bridgehead atoms. The summed E-state index contributed by atoms with van der Waals surface area (Å²) in [5.41, 5.74) is 2.02. The molecule has 0 aliphatic rings. The molecule has 0 spiro atoms. The molecule has 3 nitrogen and oxygen atoms in total. The third kappa shape index (κ3) is 3.71. The van der Waals surface area contributed by atoms with Gasteiger partial charge in [0.2, 0.25) is 0 Å². The van der Waals surface area contributed by atoms with Gasteiger partial charge in [-0.2, -0.15) is 0 Å². The topological polar surface area (TPSA) is 21.1 Å². The molecule has 0 unspecified atom stereocenters. The first kappa shape index (κ1) is 16.6. The van der Waals surface area contributed by atoms with Crippen molar-refractivity contribution < 1.29 is 0 Å². The quantitative estimate of drug-likeness (QED) is 0.726. The van der Waals surface area contributed by atoms with Crippen LogP contribution in [-0.2, 0) is 12.4 Å². The largest absolute Gasteiger partial charge is 0.326 e. The lowest BCUT2D eigenvalue weighted by molar-refractivity contribution is 0.168. The van der Waals surface area contributed by atoms with E-state index in [2.05, 4.69) is 42.1 Å². The second-order valence-corrected chi connectivity index (χ2v) is 6.58. The Morgan fingerprint density at radius 2 is 1.86 bits per heavy atom. The Balaban J connectivity index is 2.30. The van der Waals surface area contributed by atoms with Crippen molar-refractivity contribution in [3.8, 4) is 0 Å². The Kier molecular flexibility index (Phi) is 5.53. The number of fused-ring (bicyclic) bond motifs is 1. The summed E-state index contributed by atoms with van der Waals surface area (Å²) in [5.74, 6) is 1.32. The van der Waals surface area contributed by atoms with E-state index in [-0.39, 0.29) is 0 Å². The van der Waals surface area contributed by atoms with Gasteiger partial charge in [0.15, 0.2) is 0 Å². The Hall–Kier alpha value is -0.770. The molecule has 0 aliphatic heterocycles. The highest BCUT2D eigenvalue weighted by molar-refractivity contribution is 6.31. The standard InChI is InChI=1S/C16H23Cl2N3/c1-11(2)20(12(3)4)7-8-21-15-9-13(18)5-6-14(15)19-16(21)10-17/h5-6,9,11-12H,7-8,10H2,1-4H3. The van der Waals surface area contributed by atoms with Gasteiger partial charge in [0.25, 0.3) is 0 Å². The fourth-order valence-corrected chi connectivity index (χ4v) is 3.20. The van der Waals surface area contributed by atoms with Gasteiger partial charge in [0.05, 0.1) is 16.9 Å². The Bertz CT molecular complexity index is 597. The van der Waals surface area contributed by atoms with Crippen molar-refractivity contribution in [3.63, 3.8) is 0 Å². The number of imidazole rings is 1. The number of aromatic nitrogens is 2. The zero-order chi connectivity index (χ0) is 15.6. The lowest BCUT2D eigenvalue weighted by Crippen LogP contribution is -2.39. The van der Waals surface area contributed by atoms with E-state index in [1.54, 1.807) is 0 Å². The summed E-state index contributed by atoms with van der Waals surface area (Å²) in [4.78, 5) is 7.06. The highest BCUT2D eigenvalue weighted by atomic mass is 35.5. The summed E-state index contributed by atoms with van der Waals surface area (Å²) in [6, 6.07) is 6.82. The van der Waals surface area contributed by atoms with Gasteiger partial charge in [-0.3, -0.25) is 4.90 Å². The Morgan fingerprint density at radius 1 is 1.19 bits per heavy atom. The Labute approximate surface area is 136 Å². The second-order valence-electron chi connectivity index (χ2n) is 5.87. The van der Waals surface area contributed by atoms with Crippen molar-refractivity contribution in [2.24, 2.45) is 0 Å². The summed E-state index contributed by atoms with van der Waals surface area (Å²) in [5, 5.41) is 0.731. The minimum atomic E-state index is 0.412. The van der Waals surface area contributed by atoms with E-state index in [0.29, 0.717) is 18.0 Å². The smallest absolute Gasteiger partial charge is 0.124 e. The van der Waals surface area contributed by atoms with Crippen molar-refractivity contribution in [1.29, 1.82) is 0 Å². The highest BCUT2D eigenvalue weighted by Gasteiger charge is 2.16. The fraction of sp³-hybridized carbons (Fsp3) is 0.562. The van der Waals surface area contributed by atoms with E-state index < -0.39 is 0 Å². The average Bonchev–Trinajstić information content (AvgIpc) is 2.75. The summed E-state index contributed by atoms with van der Waals surface area (Å²) >= 11 is 12.2. The third-order valence-corrected chi connectivity index (χ3v) is 4.29. The Morgan fingerprint density at radius 3 is 2.43 bits per heavy atom. The van der Waals surface area contributed by atoms with Crippen LogP contribution < -0.4 is 0 Å². The van der Waals surface area contributed by atoms with Crippen LogP contribution in [0.2, 0.25) is 5.02 Å². The molecule has 0 saturated heterocycles. The molecule has 0 aliphatic carbocycles. The first-order chi connectivity index (χ1) is 9.93. The van der Waals surface area contributed by atoms with Crippen LogP contribution in [0.5, 0.6) is 0 Å². The summed E-state index contributed by atoms with van der Waals surface area (Å²) in [7, 11) is 0. The average molecular weight is 328 g/mol. The van der Waals surface area contributed by atoms with Gasteiger partial charge in [-0.05, 0) is 45.9 Å². The van der Waals surface area contributed by atoms with Crippen LogP contribution in [0.1, 0.15) is 33.5 Å². The van der Waals surface area contributed by atoms with E-state index >= 15 is 0 Å². The summed E-state index contributed by atoms with van der Waals surface area (Å²) in [6.45, 7) is 10.7. The third-order valence-electron chi connectivity index (χ3n) is 3.82. The molecule has 0 N–H and O–H groups in total. The van der Waals surface area contributed by atoms with Crippen molar-refractivity contribution in [2.45, 2.75) is 52.2 Å². The van der Waals surface area contributed by atoms with Gasteiger partial charge in [-0.25, -0.2) is 4.98 Å². The summed E-state index contributed by atoms with van der Waals surface area (Å²) < 4.78 is 2.19. The van der Waals surface area contributed by atoms with Gasteiger partial charge in [-0.15, -0.1) is 11.6 Å². The maximum absolute atomic E-state index is 6.12. The van der Waals surface area contributed by atoms with Crippen LogP contribution >= 0.6 is 23.2 Å². The number of hydrogen-bond acceptors (Lipinski definition) is 2. The first-order valence-electron chi connectivity index (χ1n) is 7.40. The van der Waals surface area contributed by atoms with Gasteiger partial charge >= 0.3 is 0 Å². The zero-order valence-corrected chi connectivity index (χ0v) is 14.6. The van der Waals surface area contributed by atoms with Gasteiger partial charge in [0.1, 0.15) is 5.82 Å². The van der Waals surface area contributed by atoms with Crippen LogP contribution in [0.25, 0.3) is 11.0 Å². The summed E-state index contributed by atoms with van der Waals surface area (Å²) in [6.07, 6.45) is 0. The molecule has 1 aromatic carbocycles. The highest BCUT2D eigenvalue weighted by Crippen LogP contribution is 2.22. The normalized spacial score (nSPS) is 12.2. The number of hydrogen-bond donors (Lipinski definition) is 0. The predicted molar refractivity (Wildman–Crippen MR) is 91.3 cm³/mol. The van der Waals surface area contributed by atoms with Crippen LogP contribution in [0.3, 0.4) is 0 Å². The van der Waals surface area contributed by atoms with Crippen LogP contribution in [0.4, 0.5) is 0 Å². The zero-order valence-electron chi connectivity index (χ0n) is 13.1. The van der Waals surface area contributed by atoms with Crippen molar-refractivity contribution >= 4 is 34.2 Å². The molecular weight excluding hydrogens is 305 g/mol. The van der Waals surface area contributed by atoms with E-state index in [0.717, 1.165) is 35.0 Å². The SMILES string of the molecule is CC(C)N(CCn1c(CCl)nc2ccc(Cl)cc21)C(C)C. The van der Waals surface area contributed by atoms with Crippen LogP contribution in [0.15, 0.2) is 18.2 Å². The van der Waals surface area contributed by atoms with Gasteiger partial charge in [0, 0.05) is 30.2 Å². The lowest BCUT2D eigenvalue weighted by Gasteiger charge is -2.30. The van der Waals surface area contributed by atoms with E-state index in [1.165, 1.54) is 0 Å². The van der Waals surface area contributed by atoms with Crippen molar-refractivity contribution in [1.82, 2.24) is 14.5 Å². The van der Waals surface area contributed by atoms with Crippen molar-refractivity contribution in [2.75, 3.05) is 6.54 Å². The number of alkyl halides is 1. The maximum Gasteiger partial charge on any atom is 0.124 e. The number of benzene rings is 1. The molecule has 21 heavy (non-hydrogen) atoms. The molecule has 0 fully saturated rings. The molecule has 2 rings (SSSR count). The van der Waals surface area contributed by atoms with E-state index in [4.69, 9.17) is 23.2 Å².